The van der Waals surface area contributed by atoms with Gasteiger partial charge in [-0.05, 0) is 12.5 Å². The predicted molar refractivity (Wildman–Crippen MR) is 72.3 cm³/mol. The summed E-state index contributed by atoms with van der Waals surface area (Å²) < 4.78 is 0. The van der Waals surface area contributed by atoms with Gasteiger partial charge >= 0.3 is 0 Å². The second-order valence-electron chi connectivity index (χ2n) is 4.32. The SMILES string of the molecule is CCCC1=NC2C(=c3ccccc3=NC2N)S1. The molecule has 0 spiro atoms. The van der Waals surface area contributed by atoms with Crippen molar-refractivity contribution in [1.82, 2.24) is 0 Å². The quantitative estimate of drug-likeness (QED) is 0.846. The summed E-state index contributed by atoms with van der Waals surface area (Å²) in [7, 11) is 0. The van der Waals surface area contributed by atoms with Gasteiger partial charge in [0.1, 0.15) is 12.2 Å². The normalized spacial score (nSPS) is 26.0. The van der Waals surface area contributed by atoms with Crippen LogP contribution in [0.15, 0.2) is 34.3 Å². The van der Waals surface area contributed by atoms with Crippen LogP contribution in [0.2, 0.25) is 0 Å². The van der Waals surface area contributed by atoms with Crippen molar-refractivity contribution in [3.8, 4) is 0 Å². The number of hydrogen-bond donors (Lipinski definition) is 1. The van der Waals surface area contributed by atoms with Crippen molar-refractivity contribution in [2.75, 3.05) is 0 Å². The Morgan fingerprint density at radius 1 is 1.29 bits per heavy atom. The van der Waals surface area contributed by atoms with Gasteiger partial charge in [0.15, 0.2) is 0 Å². The molecule has 2 aliphatic heterocycles. The van der Waals surface area contributed by atoms with Crippen molar-refractivity contribution in [3.63, 3.8) is 0 Å². The summed E-state index contributed by atoms with van der Waals surface area (Å²) in [6.45, 7) is 2.17. The molecule has 0 bridgehead atoms. The Bertz CT molecular complexity index is 591. The average Bonchev–Trinajstić information content (AvgIpc) is 2.74. The molecule has 0 saturated heterocycles. The summed E-state index contributed by atoms with van der Waals surface area (Å²) in [5, 5.41) is 3.42. The lowest BCUT2D eigenvalue weighted by Crippen LogP contribution is -2.43. The van der Waals surface area contributed by atoms with Gasteiger partial charge in [-0.15, -0.1) is 0 Å². The molecule has 3 rings (SSSR count). The first-order chi connectivity index (χ1) is 8.29. The standard InChI is InChI=1S/C13H15N3S/c1-2-5-10-16-11-12(17-10)8-6-3-4-7-9(8)15-13(11)14/h3-4,6-7,11,13H,2,5,14H2,1H3. The minimum atomic E-state index is -0.221. The van der Waals surface area contributed by atoms with E-state index in [9.17, 15) is 0 Å². The smallest absolute Gasteiger partial charge is 0.125 e. The van der Waals surface area contributed by atoms with Crippen molar-refractivity contribution < 1.29 is 0 Å². The zero-order valence-electron chi connectivity index (χ0n) is 9.76. The number of nitrogens with zero attached hydrogens (tertiary/aromatic N) is 2. The third-order valence-electron chi connectivity index (χ3n) is 3.02. The lowest BCUT2D eigenvalue weighted by molar-refractivity contribution is 0.622. The van der Waals surface area contributed by atoms with Gasteiger partial charge in [-0.25, -0.2) is 0 Å². The molecule has 0 fully saturated rings. The van der Waals surface area contributed by atoms with E-state index in [1.165, 1.54) is 15.2 Å². The molecular formula is C13H15N3S. The molecule has 0 saturated carbocycles. The maximum absolute atomic E-state index is 6.09. The maximum Gasteiger partial charge on any atom is 0.125 e. The first-order valence-electron chi connectivity index (χ1n) is 5.97. The van der Waals surface area contributed by atoms with Crippen LogP contribution in [0.4, 0.5) is 0 Å². The number of fused-ring (bicyclic) bond motifs is 2. The van der Waals surface area contributed by atoms with Crippen LogP contribution in [0, 0.1) is 0 Å². The minimum absolute atomic E-state index is 0.0523. The molecule has 4 heteroatoms. The van der Waals surface area contributed by atoms with Crippen LogP contribution in [0.5, 0.6) is 0 Å². The fourth-order valence-electron chi connectivity index (χ4n) is 2.23. The van der Waals surface area contributed by atoms with Crippen LogP contribution >= 0.6 is 11.8 Å². The largest absolute Gasteiger partial charge is 0.308 e. The average molecular weight is 245 g/mol. The molecular weight excluding hydrogens is 230 g/mol. The number of hydrogen-bond acceptors (Lipinski definition) is 4. The number of thioether (sulfide) groups is 1. The summed E-state index contributed by atoms with van der Waals surface area (Å²) in [6.07, 6.45) is 1.95. The Labute approximate surface area is 105 Å². The predicted octanol–water partition coefficient (Wildman–Crippen LogP) is 1.03. The topological polar surface area (TPSA) is 50.7 Å². The van der Waals surface area contributed by atoms with Gasteiger partial charge in [0.25, 0.3) is 0 Å². The summed E-state index contributed by atoms with van der Waals surface area (Å²) in [5.74, 6) is 0. The zero-order chi connectivity index (χ0) is 11.8. The number of nitrogens with two attached hydrogens (primary N) is 1. The molecule has 2 unspecified atom stereocenters. The fourth-order valence-corrected chi connectivity index (χ4v) is 3.55. The number of rotatable bonds is 2. The summed E-state index contributed by atoms with van der Waals surface area (Å²) in [4.78, 5) is 10.5. The third kappa shape index (κ3) is 1.81. The Kier molecular flexibility index (Phi) is 2.76. The van der Waals surface area contributed by atoms with E-state index < -0.39 is 0 Å². The molecule has 2 aliphatic rings. The van der Waals surface area contributed by atoms with Gasteiger partial charge in [-0.2, -0.15) is 0 Å². The van der Waals surface area contributed by atoms with E-state index in [1.54, 1.807) is 11.8 Å². The fraction of sp³-hybridized carbons (Fsp3) is 0.385. The first-order valence-corrected chi connectivity index (χ1v) is 6.78. The molecule has 1 aromatic carbocycles. The van der Waals surface area contributed by atoms with Crippen molar-refractivity contribution >= 4 is 21.7 Å². The summed E-state index contributed by atoms with van der Waals surface area (Å²) >= 11 is 1.79. The highest BCUT2D eigenvalue weighted by atomic mass is 32.2. The molecule has 2 atom stereocenters. The van der Waals surface area contributed by atoms with Crippen LogP contribution in [0.1, 0.15) is 19.8 Å². The highest BCUT2D eigenvalue weighted by molar-refractivity contribution is 8.21. The van der Waals surface area contributed by atoms with Crippen LogP contribution in [-0.2, 0) is 0 Å². The number of benzene rings is 1. The Balaban J connectivity index is 2.14. The van der Waals surface area contributed by atoms with Crippen LogP contribution in [0.25, 0.3) is 4.91 Å². The van der Waals surface area contributed by atoms with Gasteiger partial charge in [0.2, 0.25) is 0 Å². The van der Waals surface area contributed by atoms with Gasteiger partial charge in [0.05, 0.1) is 10.4 Å². The van der Waals surface area contributed by atoms with Gasteiger partial charge < -0.3 is 5.73 Å². The van der Waals surface area contributed by atoms with Gasteiger partial charge in [-0.3, -0.25) is 9.98 Å². The molecule has 2 N–H and O–H groups in total. The van der Waals surface area contributed by atoms with E-state index in [0.29, 0.717) is 0 Å². The van der Waals surface area contributed by atoms with Crippen LogP contribution in [0.3, 0.4) is 0 Å². The minimum Gasteiger partial charge on any atom is -0.308 e. The second-order valence-corrected chi connectivity index (χ2v) is 5.44. The third-order valence-corrected chi connectivity index (χ3v) is 4.25. The summed E-state index contributed by atoms with van der Waals surface area (Å²) in [6, 6.07) is 8.24. The van der Waals surface area contributed by atoms with E-state index in [-0.39, 0.29) is 12.2 Å². The molecule has 0 amide bonds. The zero-order valence-corrected chi connectivity index (χ0v) is 10.6. The molecule has 0 aromatic heterocycles. The van der Waals surface area contributed by atoms with Crippen LogP contribution in [-0.4, -0.2) is 17.3 Å². The summed E-state index contributed by atoms with van der Waals surface area (Å²) in [5.41, 5.74) is 6.09. The second kappa shape index (κ2) is 4.27. The van der Waals surface area contributed by atoms with Crippen LogP contribution < -0.4 is 16.3 Å². The van der Waals surface area contributed by atoms with E-state index in [2.05, 4.69) is 18.0 Å². The molecule has 2 heterocycles. The van der Waals surface area contributed by atoms with E-state index in [4.69, 9.17) is 10.7 Å². The maximum atomic E-state index is 6.09. The number of aliphatic imine (C=N–C) groups is 1. The molecule has 3 nitrogen and oxygen atoms in total. The van der Waals surface area contributed by atoms with Gasteiger partial charge in [0, 0.05) is 10.1 Å². The number of para-hydroxylation sites is 1. The van der Waals surface area contributed by atoms with Crippen molar-refractivity contribution in [2.45, 2.75) is 32.0 Å². The molecule has 0 aliphatic carbocycles. The monoisotopic (exact) mass is 245 g/mol. The lowest BCUT2D eigenvalue weighted by atomic mass is 10.1. The molecule has 88 valence electrons. The molecule has 1 aromatic rings. The van der Waals surface area contributed by atoms with Crippen molar-refractivity contribution in [3.05, 3.63) is 34.8 Å². The molecule has 0 radical (unpaired) electrons. The highest BCUT2D eigenvalue weighted by Crippen LogP contribution is 2.35. The van der Waals surface area contributed by atoms with E-state index in [0.717, 1.165) is 18.2 Å². The van der Waals surface area contributed by atoms with Gasteiger partial charge in [-0.1, -0.05) is 43.3 Å². The Morgan fingerprint density at radius 3 is 2.94 bits per heavy atom. The highest BCUT2D eigenvalue weighted by Gasteiger charge is 2.31. The first kappa shape index (κ1) is 11.0. The Hall–Kier alpha value is -1.13. The Morgan fingerprint density at radius 2 is 2.12 bits per heavy atom. The van der Waals surface area contributed by atoms with E-state index in [1.807, 2.05) is 18.2 Å². The lowest BCUT2D eigenvalue weighted by Gasteiger charge is -2.17. The molecule has 17 heavy (non-hydrogen) atoms. The van der Waals surface area contributed by atoms with Crippen molar-refractivity contribution in [1.29, 1.82) is 0 Å². The van der Waals surface area contributed by atoms with E-state index >= 15 is 0 Å². The van der Waals surface area contributed by atoms with Crippen molar-refractivity contribution in [2.24, 2.45) is 15.7 Å².